The minimum absolute atomic E-state index is 0.342. The molecular weight excluding hydrogens is 243 g/mol. The average Bonchev–Trinajstić information content (AvgIpc) is 2.78. The molecule has 19 heavy (non-hydrogen) atoms. The van der Waals surface area contributed by atoms with Gasteiger partial charge in [0.05, 0.1) is 6.61 Å². The maximum absolute atomic E-state index is 11.7. The molecule has 1 aromatic carbocycles. The Balaban J connectivity index is 2.10. The normalized spacial score (nSPS) is 15.0. The standard InChI is InChI=1S/C14H19BO4/c1-3-13(14(16)18-4-2)19-11-6-5-10-7-8-15(17)12(10)9-11/h5-6,9,13,17H,3-4,7-8H2,1-2H3. The van der Waals surface area contributed by atoms with Crippen molar-refractivity contribution in [3.05, 3.63) is 23.8 Å². The number of rotatable bonds is 5. The molecule has 4 nitrogen and oxygen atoms in total. The Morgan fingerprint density at radius 2 is 2.26 bits per heavy atom. The zero-order valence-corrected chi connectivity index (χ0v) is 11.4. The van der Waals surface area contributed by atoms with E-state index in [1.54, 1.807) is 6.92 Å². The van der Waals surface area contributed by atoms with Crippen molar-refractivity contribution < 1.29 is 19.3 Å². The molecular formula is C14H19BO4. The van der Waals surface area contributed by atoms with Gasteiger partial charge in [-0.3, -0.25) is 0 Å². The second-order valence-corrected chi connectivity index (χ2v) is 4.68. The highest BCUT2D eigenvalue weighted by molar-refractivity contribution is 6.68. The second-order valence-electron chi connectivity index (χ2n) is 4.68. The van der Waals surface area contributed by atoms with E-state index in [-0.39, 0.29) is 5.97 Å². The number of carbonyl (C=O) groups is 1. The molecule has 102 valence electrons. The zero-order valence-electron chi connectivity index (χ0n) is 11.4. The van der Waals surface area contributed by atoms with E-state index in [4.69, 9.17) is 9.47 Å². The molecule has 0 aromatic heterocycles. The van der Waals surface area contributed by atoms with Crippen molar-refractivity contribution in [1.29, 1.82) is 0 Å². The van der Waals surface area contributed by atoms with Crippen LogP contribution in [0.5, 0.6) is 5.75 Å². The topological polar surface area (TPSA) is 55.8 Å². The zero-order chi connectivity index (χ0) is 13.8. The van der Waals surface area contributed by atoms with Crippen LogP contribution in [0, 0.1) is 0 Å². The van der Waals surface area contributed by atoms with E-state index in [0.29, 0.717) is 18.8 Å². The van der Waals surface area contributed by atoms with E-state index in [0.717, 1.165) is 23.8 Å². The third kappa shape index (κ3) is 3.10. The number of aryl methyl sites for hydroxylation is 1. The maximum atomic E-state index is 11.7. The van der Waals surface area contributed by atoms with E-state index in [9.17, 15) is 9.82 Å². The molecule has 1 heterocycles. The fourth-order valence-corrected chi connectivity index (χ4v) is 2.33. The van der Waals surface area contributed by atoms with Gasteiger partial charge >= 0.3 is 12.9 Å². The number of fused-ring (bicyclic) bond motifs is 1. The van der Waals surface area contributed by atoms with E-state index >= 15 is 0 Å². The van der Waals surface area contributed by atoms with Crippen molar-refractivity contribution in [2.75, 3.05) is 6.61 Å². The Morgan fingerprint density at radius 3 is 2.95 bits per heavy atom. The predicted octanol–water partition coefficient (Wildman–Crippen LogP) is 1.15. The van der Waals surface area contributed by atoms with Crippen molar-refractivity contribution in [2.24, 2.45) is 0 Å². The average molecular weight is 262 g/mol. The van der Waals surface area contributed by atoms with Gasteiger partial charge in [-0.2, -0.15) is 0 Å². The van der Waals surface area contributed by atoms with Crippen LogP contribution in [-0.2, 0) is 16.0 Å². The van der Waals surface area contributed by atoms with Crippen LogP contribution in [0.3, 0.4) is 0 Å². The number of carbonyl (C=O) groups excluding carboxylic acids is 1. The van der Waals surface area contributed by atoms with E-state index in [2.05, 4.69) is 0 Å². The fourth-order valence-electron chi connectivity index (χ4n) is 2.33. The Bertz CT molecular complexity index is 461. The summed E-state index contributed by atoms with van der Waals surface area (Å²) < 4.78 is 10.6. The highest BCUT2D eigenvalue weighted by atomic mass is 16.6. The molecule has 1 aromatic rings. The Kier molecular flexibility index (Phi) is 4.48. The molecule has 5 heteroatoms. The molecule has 0 saturated carbocycles. The Labute approximate surface area is 113 Å². The summed E-state index contributed by atoms with van der Waals surface area (Å²) in [5, 5.41) is 9.84. The van der Waals surface area contributed by atoms with Crippen LogP contribution in [0.2, 0.25) is 6.32 Å². The molecule has 2 rings (SSSR count). The Morgan fingerprint density at radius 1 is 1.47 bits per heavy atom. The number of hydrogen-bond acceptors (Lipinski definition) is 4. The van der Waals surface area contributed by atoms with Crippen molar-refractivity contribution >= 4 is 18.3 Å². The molecule has 1 atom stereocenters. The lowest BCUT2D eigenvalue weighted by molar-refractivity contribution is -0.151. The van der Waals surface area contributed by atoms with Gasteiger partial charge in [0, 0.05) is 0 Å². The summed E-state index contributed by atoms with van der Waals surface area (Å²) in [6.45, 7) is 3.59. The number of benzene rings is 1. The van der Waals surface area contributed by atoms with Crippen molar-refractivity contribution in [1.82, 2.24) is 0 Å². The van der Waals surface area contributed by atoms with Gasteiger partial charge in [0.25, 0.3) is 0 Å². The van der Waals surface area contributed by atoms with Crippen LogP contribution in [0.15, 0.2) is 18.2 Å². The van der Waals surface area contributed by atoms with Gasteiger partial charge in [0.1, 0.15) is 5.75 Å². The van der Waals surface area contributed by atoms with E-state index in [1.165, 1.54) is 0 Å². The molecule has 1 unspecified atom stereocenters. The number of esters is 1. The smallest absolute Gasteiger partial charge is 0.347 e. The molecule has 0 amide bonds. The molecule has 0 aliphatic carbocycles. The van der Waals surface area contributed by atoms with Gasteiger partial charge in [0.15, 0.2) is 6.10 Å². The highest BCUT2D eigenvalue weighted by Gasteiger charge is 2.26. The quantitative estimate of drug-likeness (QED) is 0.639. The first-order chi connectivity index (χ1) is 9.15. The van der Waals surface area contributed by atoms with Crippen molar-refractivity contribution in [3.63, 3.8) is 0 Å². The minimum Gasteiger partial charge on any atom is -0.479 e. The van der Waals surface area contributed by atoms with Crippen LogP contribution >= 0.6 is 0 Å². The molecule has 0 fully saturated rings. The molecule has 0 radical (unpaired) electrons. The number of hydrogen-bond donors (Lipinski definition) is 1. The molecule has 1 aliphatic rings. The summed E-state index contributed by atoms with van der Waals surface area (Å²) in [5.41, 5.74) is 2.07. The monoisotopic (exact) mass is 262 g/mol. The van der Waals surface area contributed by atoms with Gasteiger partial charge < -0.3 is 14.5 Å². The largest absolute Gasteiger partial charge is 0.479 e. The summed E-state index contributed by atoms with van der Waals surface area (Å²) in [5.74, 6) is 0.269. The van der Waals surface area contributed by atoms with Crippen molar-refractivity contribution in [3.8, 4) is 5.75 Å². The van der Waals surface area contributed by atoms with Crippen LogP contribution < -0.4 is 10.2 Å². The van der Waals surface area contributed by atoms with Crippen LogP contribution in [0.4, 0.5) is 0 Å². The van der Waals surface area contributed by atoms with E-state index < -0.39 is 13.0 Å². The first-order valence-corrected chi connectivity index (χ1v) is 6.79. The third-order valence-electron chi connectivity index (χ3n) is 3.36. The molecule has 1 N–H and O–H groups in total. The SMILES string of the molecule is CCOC(=O)C(CC)Oc1ccc2c(c1)B(O)CC2. The fraction of sp³-hybridized carbons (Fsp3) is 0.500. The second kappa shape index (κ2) is 6.11. The summed E-state index contributed by atoms with van der Waals surface area (Å²) in [6.07, 6.45) is 1.62. The number of ether oxygens (including phenoxy) is 2. The molecule has 1 aliphatic heterocycles. The minimum atomic E-state index is -0.587. The lowest BCUT2D eigenvalue weighted by Gasteiger charge is -2.16. The summed E-state index contributed by atoms with van der Waals surface area (Å²) >= 11 is 0. The van der Waals surface area contributed by atoms with Crippen LogP contribution in [0.25, 0.3) is 0 Å². The summed E-state index contributed by atoms with van der Waals surface area (Å²) in [4.78, 5) is 11.7. The summed E-state index contributed by atoms with van der Waals surface area (Å²) in [7, 11) is 0. The third-order valence-corrected chi connectivity index (χ3v) is 3.36. The Hall–Kier alpha value is -1.49. The highest BCUT2D eigenvalue weighted by Crippen LogP contribution is 2.20. The van der Waals surface area contributed by atoms with Gasteiger partial charge in [0.2, 0.25) is 0 Å². The van der Waals surface area contributed by atoms with Crippen LogP contribution in [-0.4, -0.2) is 30.6 Å². The van der Waals surface area contributed by atoms with E-state index in [1.807, 2.05) is 25.1 Å². The first-order valence-electron chi connectivity index (χ1n) is 6.79. The predicted molar refractivity (Wildman–Crippen MR) is 73.9 cm³/mol. The van der Waals surface area contributed by atoms with Crippen LogP contribution in [0.1, 0.15) is 25.8 Å². The molecule has 0 saturated heterocycles. The summed E-state index contributed by atoms with van der Waals surface area (Å²) in [6, 6.07) is 5.63. The van der Waals surface area contributed by atoms with Crippen molar-refractivity contribution in [2.45, 2.75) is 39.1 Å². The van der Waals surface area contributed by atoms with Gasteiger partial charge in [-0.05, 0) is 43.7 Å². The first kappa shape index (κ1) is 13.9. The van der Waals surface area contributed by atoms with Gasteiger partial charge in [-0.15, -0.1) is 0 Å². The lowest BCUT2D eigenvalue weighted by atomic mass is 9.63. The maximum Gasteiger partial charge on any atom is 0.347 e. The molecule has 0 spiro atoms. The molecule has 0 bridgehead atoms. The van der Waals surface area contributed by atoms with Gasteiger partial charge in [-0.25, -0.2) is 4.79 Å². The lowest BCUT2D eigenvalue weighted by Crippen LogP contribution is -2.30. The van der Waals surface area contributed by atoms with Gasteiger partial charge in [-0.1, -0.05) is 18.6 Å².